The van der Waals surface area contributed by atoms with Crippen LogP contribution in [0.2, 0.25) is 0 Å². The maximum absolute atomic E-state index is 13.3. The van der Waals surface area contributed by atoms with E-state index >= 15 is 0 Å². The summed E-state index contributed by atoms with van der Waals surface area (Å²) in [7, 11) is 1.29. The van der Waals surface area contributed by atoms with Crippen molar-refractivity contribution in [3.05, 3.63) is 28.1 Å². The van der Waals surface area contributed by atoms with Crippen LogP contribution >= 0.6 is 0 Å². The lowest BCUT2D eigenvalue weighted by atomic mass is 10.2. The van der Waals surface area contributed by atoms with Crippen LogP contribution in [0.25, 0.3) is 0 Å². The Morgan fingerprint density at radius 3 is 2.76 bits per heavy atom. The van der Waals surface area contributed by atoms with Crippen LogP contribution in [-0.2, 0) is 0 Å². The Kier molecular flexibility index (Phi) is 4.22. The van der Waals surface area contributed by atoms with E-state index in [1.807, 2.05) is 0 Å². The quantitative estimate of drug-likeness (QED) is 0.604. The Morgan fingerprint density at radius 2 is 2.29 bits per heavy atom. The van der Waals surface area contributed by atoms with E-state index in [-0.39, 0.29) is 23.2 Å². The van der Waals surface area contributed by atoms with Crippen LogP contribution in [0.5, 0.6) is 5.75 Å². The molecule has 0 aliphatic carbocycles. The number of anilines is 1. The molecule has 1 aromatic rings. The van der Waals surface area contributed by atoms with Gasteiger partial charge in [-0.25, -0.2) is 4.39 Å². The number of nitrogens with one attached hydrogen (secondary N) is 1. The maximum atomic E-state index is 13.3. The highest BCUT2D eigenvalue weighted by Gasteiger charge is 2.19. The summed E-state index contributed by atoms with van der Waals surface area (Å²) in [5.41, 5.74) is 5.25. The van der Waals surface area contributed by atoms with Crippen molar-refractivity contribution in [2.45, 2.75) is 13.0 Å². The molecule has 0 radical (unpaired) electrons. The first-order chi connectivity index (χ1) is 7.99. The minimum Gasteiger partial charge on any atom is -0.494 e. The van der Waals surface area contributed by atoms with Gasteiger partial charge in [0.05, 0.1) is 18.1 Å². The molecule has 0 aliphatic rings. The van der Waals surface area contributed by atoms with Gasteiger partial charge in [0.1, 0.15) is 5.69 Å². The average Bonchev–Trinajstić information content (AvgIpc) is 2.30. The van der Waals surface area contributed by atoms with Gasteiger partial charge < -0.3 is 15.8 Å². The molecule has 0 spiro atoms. The first-order valence-electron chi connectivity index (χ1n) is 4.98. The van der Waals surface area contributed by atoms with Gasteiger partial charge in [-0.05, 0) is 6.92 Å². The van der Waals surface area contributed by atoms with Crippen molar-refractivity contribution in [3.8, 4) is 5.75 Å². The summed E-state index contributed by atoms with van der Waals surface area (Å²) in [5, 5.41) is 13.6. The molecule has 0 bridgehead atoms. The number of nitrogens with two attached hydrogens (primary N) is 1. The SMILES string of the molecule is COc1cc(NC(C)CN)c([N+](=O)[O-])cc1F. The van der Waals surface area contributed by atoms with Gasteiger partial charge in [-0.3, -0.25) is 10.1 Å². The summed E-state index contributed by atoms with van der Waals surface area (Å²) in [6.07, 6.45) is 0. The van der Waals surface area contributed by atoms with Gasteiger partial charge in [-0.2, -0.15) is 0 Å². The highest BCUT2D eigenvalue weighted by atomic mass is 19.1. The fourth-order valence-electron chi connectivity index (χ4n) is 1.29. The van der Waals surface area contributed by atoms with Crippen LogP contribution in [0, 0.1) is 15.9 Å². The van der Waals surface area contributed by atoms with E-state index in [0.717, 1.165) is 6.07 Å². The zero-order valence-corrected chi connectivity index (χ0v) is 9.57. The molecule has 0 saturated heterocycles. The predicted octanol–water partition coefficient (Wildman–Crippen LogP) is 1.50. The molecule has 94 valence electrons. The molecule has 7 heteroatoms. The second-order valence-electron chi connectivity index (χ2n) is 3.54. The fourth-order valence-corrected chi connectivity index (χ4v) is 1.29. The van der Waals surface area contributed by atoms with Gasteiger partial charge in [0.15, 0.2) is 11.6 Å². The van der Waals surface area contributed by atoms with Crippen LogP contribution in [0.4, 0.5) is 15.8 Å². The molecule has 1 rings (SSSR count). The average molecular weight is 243 g/mol. The smallest absolute Gasteiger partial charge is 0.295 e. The number of halogens is 1. The number of nitrogens with zero attached hydrogens (tertiary/aromatic N) is 1. The van der Waals surface area contributed by atoms with E-state index in [1.165, 1.54) is 13.2 Å². The number of hydrogen-bond donors (Lipinski definition) is 2. The lowest BCUT2D eigenvalue weighted by Crippen LogP contribution is -2.25. The Bertz CT molecular complexity index is 426. The van der Waals surface area contributed by atoms with E-state index in [9.17, 15) is 14.5 Å². The molecule has 1 atom stereocenters. The number of nitro groups is 1. The number of benzene rings is 1. The number of rotatable bonds is 5. The lowest BCUT2D eigenvalue weighted by Gasteiger charge is -2.14. The van der Waals surface area contributed by atoms with E-state index < -0.39 is 10.7 Å². The first-order valence-corrected chi connectivity index (χ1v) is 4.98. The van der Waals surface area contributed by atoms with Gasteiger partial charge >= 0.3 is 0 Å². The summed E-state index contributed by atoms with van der Waals surface area (Å²) in [5.74, 6) is -0.826. The van der Waals surface area contributed by atoms with E-state index in [2.05, 4.69) is 5.32 Å². The van der Waals surface area contributed by atoms with Gasteiger partial charge in [0, 0.05) is 18.7 Å². The minimum atomic E-state index is -0.773. The third-order valence-corrected chi connectivity index (χ3v) is 2.22. The third kappa shape index (κ3) is 3.04. The second-order valence-corrected chi connectivity index (χ2v) is 3.54. The number of methoxy groups -OCH3 is 1. The van der Waals surface area contributed by atoms with E-state index in [1.54, 1.807) is 6.92 Å². The van der Waals surface area contributed by atoms with Gasteiger partial charge in [-0.1, -0.05) is 0 Å². The molecule has 0 fully saturated rings. The summed E-state index contributed by atoms with van der Waals surface area (Å²) >= 11 is 0. The summed E-state index contributed by atoms with van der Waals surface area (Å²) in [6.45, 7) is 2.07. The number of hydrogen-bond acceptors (Lipinski definition) is 5. The molecule has 0 heterocycles. The zero-order valence-electron chi connectivity index (χ0n) is 9.57. The largest absolute Gasteiger partial charge is 0.494 e. The number of ether oxygens (including phenoxy) is 1. The van der Waals surface area contributed by atoms with Gasteiger partial charge in [0.25, 0.3) is 5.69 Å². The van der Waals surface area contributed by atoms with Crippen molar-refractivity contribution < 1.29 is 14.1 Å². The summed E-state index contributed by atoms with van der Waals surface area (Å²) < 4.78 is 18.1. The Labute approximate surface area is 97.7 Å². The van der Waals surface area contributed by atoms with Crippen molar-refractivity contribution in [2.24, 2.45) is 5.73 Å². The molecule has 0 aliphatic heterocycles. The standard InChI is InChI=1S/C10H14FN3O3/c1-6(5-12)13-8-4-10(17-2)7(11)3-9(8)14(15)16/h3-4,6,13H,5,12H2,1-2H3. The van der Waals surface area contributed by atoms with Crippen molar-refractivity contribution in [3.63, 3.8) is 0 Å². The zero-order chi connectivity index (χ0) is 13.0. The first kappa shape index (κ1) is 13.2. The highest BCUT2D eigenvalue weighted by molar-refractivity contribution is 5.65. The molecule has 0 saturated carbocycles. The topological polar surface area (TPSA) is 90.4 Å². The van der Waals surface area contributed by atoms with Crippen LogP contribution in [0.15, 0.2) is 12.1 Å². The molecule has 17 heavy (non-hydrogen) atoms. The third-order valence-electron chi connectivity index (χ3n) is 2.22. The normalized spacial score (nSPS) is 12.0. The van der Waals surface area contributed by atoms with Crippen LogP contribution < -0.4 is 15.8 Å². The maximum Gasteiger partial charge on any atom is 0.295 e. The molecule has 0 aromatic heterocycles. The monoisotopic (exact) mass is 243 g/mol. The van der Waals surface area contributed by atoms with Crippen LogP contribution in [-0.4, -0.2) is 24.6 Å². The molecule has 0 amide bonds. The second kappa shape index (κ2) is 5.44. The molecule has 3 N–H and O–H groups in total. The Hall–Kier alpha value is -1.89. The highest BCUT2D eigenvalue weighted by Crippen LogP contribution is 2.31. The molecule has 6 nitrogen and oxygen atoms in total. The molecular formula is C10H14FN3O3. The fraction of sp³-hybridized carbons (Fsp3) is 0.400. The van der Waals surface area contributed by atoms with E-state index in [4.69, 9.17) is 10.5 Å². The molecule has 1 unspecified atom stereocenters. The van der Waals surface area contributed by atoms with Crippen molar-refractivity contribution in [1.82, 2.24) is 0 Å². The van der Waals surface area contributed by atoms with E-state index in [0.29, 0.717) is 6.54 Å². The minimum absolute atomic E-state index is 0.0534. The summed E-state index contributed by atoms with van der Waals surface area (Å²) in [4.78, 5) is 10.1. The lowest BCUT2D eigenvalue weighted by molar-refractivity contribution is -0.384. The van der Waals surface area contributed by atoms with Crippen molar-refractivity contribution >= 4 is 11.4 Å². The molecule has 1 aromatic carbocycles. The van der Waals surface area contributed by atoms with Crippen LogP contribution in [0.3, 0.4) is 0 Å². The van der Waals surface area contributed by atoms with Gasteiger partial charge in [-0.15, -0.1) is 0 Å². The number of nitro benzene ring substituents is 1. The Balaban J connectivity index is 3.19. The molecular weight excluding hydrogens is 229 g/mol. The van der Waals surface area contributed by atoms with Crippen molar-refractivity contribution in [1.29, 1.82) is 0 Å². The Morgan fingerprint density at radius 1 is 1.65 bits per heavy atom. The predicted molar refractivity (Wildman–Crippen MR) is 61.7 cm³/mol. The van der Waals surface area contributed by atoms with Crippen LogP contribution in [0.1, 0.15) is 6.92 Å². The van der Waals surface area contributed by atoms with Crippen molar-refractivity contribution in [2.75, 3.05) is 19.0 Å². The van der Waals surface area contributed by atoms with Gasteiger partial charge in [0.2, 0.25) is 0 Å². The summed E-state index contributed by atoms with van der Waals surface area (Å²) in [6, 6.07) is 1.91.